The number of rotatable bonds is 5. The molecule has 0 fully saturated rings. The van der Waals surface area contributed by atoms with Gasteiger partial charge in [-0.1, -0.05) is 17.7 Å². The van der Waals surface area contributed by atoms with Crippen molar-refractivity contribution >= 4 is 34.1 Å². The smallest absolute Gasteiger partial charge is 0.251 e. The van der Waals surface area contributed by atoms with Crippen molar-refractivity contribution in [3.8, 4) is 5.75 Å². The first-order chi connectivity index (χ1) is 12.5. The van der Waals surface area contributed by atoms with Crippen LogP contribution in [0.5, 0.6) is 5.75 Å². The van der Waals surface area contributed by atoms with Gasteiger partial charge in [0.15, 0.2) is 0 Å². The largest absolute Gasteiger partial charge is 0.497 e. The number of ether oxygens (including phenoxy) is 1. The number of carbonyl (C=O) groups is 1. The van der Waals surface area contributed by atoms with Crippen LogP contribution in [0.1, 0.15) is 17.5 Å². The van der Waals surface area contributed by atoms with E-state index in [1.165, 1.54) is 0 Å². The highest BCUT2D eigenvalue weighted by Gasteiger charge is 2.10. The Morgan fingerprint density at radius 1 is 1.23 bits per heavy atom. The van der Waals surface area contributed by atoms with Gasteiger partial charge in [-0.25, -0.2) is 0 Å². The lowest BCUT2D eigenvalue weighted by Crippen LogP contribution is -2.17. The van der Waals surface area contributed by atoms with Crippen molar-refractivity contribution in [2.24, 2.45) is 0 Å². The lowest BCUT2D eigenvalue weighted by Gasteiger charge is -2.09. The number of benzene rings is 2. The van der Waals surface area contributed by atoms with Crippen molar-refractivity contribution in [1.82, 2.24) is 4.98 Å². The number of hydrogen-bond acceptors (Lipinski definition) is 3. The van der Waals surface area contributed by atoms with Gasteiger partial charge in [0, 0.05) is 33.6 Å². The molecule has 0 spiro atoms. The molecule has 2 aromatic carbocycles. The van der Waals surface area contributed by atoms with Gasteiger partial charge in [-0.15, -0.1) is 0 Å². The molecular formula is C20H19ClN2O3. The highest BCUT2D eigenvalue weighted by Crippen LogP contribution is 2.23. The van der Waals surface area contributed by atoms with Crippen LogP contribution in [0, 0.1) is 6.92 Å². The van der Waals surface area contributed by atoms with Gasteiger partial charge in [0.25, 0.3) is 5.56 Å². The molecule has 0 radical (unpaired) electrons. The molecule has 1 aromatic heterocycles. The SMILES string of the molecule is COc1ccc2[nH]c(=O)c(CCC(=O)Nc3cccc(Cl)c3C)cc2c1. The summed E-state index contributed by atoms with van der Waals surface area (Å²) in [5.41, 5.74) is 2.61. The van der Waals surface area contributed by atoms with Gasteiger partial charge in [0.1, 0.15) is 5.75 Å². The molecule has 0 atom stereocenters. The Kier molecular flexibility index (Phi) is 5.28. The predicted octanol–water partition coefficient (Wildman–Crippen LogP) is 4.07. The molecule has 3 rings (SSSR count). The second kappa shape index (κ2) is 7.62. The predicted molar refractivity (Wildman–Crippen MR) is 104 cm³/mol. The normalized spacial score (nSPS) is 10.7. The van der Waals surface area contributed by atoms with E-state index in [9.17, 15) is 9.59 Å². The number of fused-ring (bicyclic) bond motifs is 1. The molecule has 1 amide bonds. The van der Waals surface area contributed by atoms with Crippen molar-refractivity contribution < 1.29 is 9.53 Å². The monoisotopic (exact) mass is 370 g/mol. The highest BCUT2D eigenvalue weighted by molar-refractivity contribution is 6.31. The van der Waals surface area contributed by atoms with Crippen molar-refractivity contribution in [3.63, 3.8) is 0 Å². The molecule has 0 aliphatic carbocycles. The van der Waals surface area contributed by atoms with Gasteiger partial charge < -0.3 is 15.0 Å². The lowest BCUT2D eigenvalue weighted by molar-refractivity contribution is -0.116. The fourth-order valence-electron chi connectivity index (χ4n) is 2.75. The molecule has 0 saturated heterocycles. The minimum atomic E-state index is -0.186. The van der Waals surface area contributed by atoms with E-state index in [1.54, 1.807) is 43.5 Å². The number of H-pyrrole nitrogens is 1. The zero-order chi connectivity index (χ0) is 18.7. The summed E-state index contributed by atoms with van der Waals surface area (Å²) in [5.74, 6) is 0.546. The van der Waals surface area contributed by atoms with Crippen LogP contribution < -0.4 is 15.6 Å². The van der Waals surface area contributed by atoms with E-state index in [0.29, 0.717) is 28.4 Å². The van der Waals surface area contributed by atoms with E-state index >= 15 is 0 Å². The quantitative estimate of drug-likeness (QED) is 0.711. The third-order valence-electron chi connectivity index (χ3n) is 4.29. The number of aromatic nitrogens is 1. The molecular weight excluding hydrogens is 352 g/mol. The summed E-state index contributed by atoms with van der Waals surface area (Å²) >= 11 is 6.06. The van der Waals surface area contributed by atoms with Gasteiger partial charge in [0.2, 0.25) is 5.91 Å². The van der Waals surface area contributed by atoms with Crippen LogP contribution in [0.3, 0.4) is 0 Å². The molecule has 3 aromatic rings. The molecule has 6 heteroatoms. The van der Waals surface area contributed by atoms with Crippen LogP contribution >= 0.6 is 11.6 Å². The van der Waals surface area contributed by atoms with Gasteiger partial charge in [0.05, 0.1) is 7.11 Å². The number of pyridine rings is 1. The number of aromatic amines is 1. The molecule has 0 saturated carbocycles. The Hall–Kier alpha value is -2.79. The molecule has 2 N–H and O–H groups in total. The van der Waals surface area contributed by atoms with Gasteiger partial charge in [-0.3, -0.25) is 9.59 Å². The van der Waals surface area contributed by atoms with Crippen molar-refractivity contribution in [3.05, 3.63) is 69.0 Å². The standard InChI is InChI=1S/C20H19ClN2O3/c1-12-16(21)4-3-5-17(12)22-19(24)9-6-13-10-14-11-15(26-2)7-8-18(14)23-20(13)25/h3-5,7-8,10-11H,6,9H2,1-2H3,(H,22,24)(H,23,25). The molecule has 0 aliphatic rings. The van der Waals surface area contributed by atoms with E-state index in [2.05, 4.69) is 10.3 Å². The summed E-state index contributed by atoms with van der Waals surface area (Å²) in [7, 11) is 1.59. The summed E-state index contributed by atoms with van der Waals surface area (Å²) in [5, 5.41) is 4.31. The Morgan fingerprint density at radius 2 is 2.04 bits per heavy atom. The second-order valence-corrected chi connectivity index (χ2v) is 6.44. The van der Waals surface area contributed by atoms with E-state index in [0.717, 1.165) is 16.5 Å². The Morgan fingerprint density at radius 3 is 2.81 bits per heavy atom. The number of halogens is 1. The summed E-state index contributed by atoms with van der Waals surface area (Å²) in [6.45, 7) is 1.85. The van der Waals surface area contributed by atoms with E-state index in [-0.39, 0.29) is 17.9 Å². The Bertz CT molecular complexity index is 1030. The van der Waals surface area contributed by atoms with E-state index in [4.69, 9.17) is 16.3 Å². The number of methoxy groups -OCH3 is 1. The van der Waals surface area contributed by atoms with Crippen LogP contribution in [0.4, 0.5) is 5.69 Å². The maximum atomic E-state index is 12.2. The van der Waals surface area contributed by atoms with Gasteiger partial charge in [-0.05, 0) is 55.3 Å². The molecule has 0 aliphatic heterocycles. The molecule has 0 unspecified atom stereocenters. The van der Waals surface area contributed by atoms with Crippen LogP contribution in [0.25, 0.3) is 10.9 Å². The van der Waals surface area contributed by atoms with Crippen molar-refractivity contribution in [2.75, 3.05) is 12.4 Å². The lowest BCUT2D eigenvalue weighted by atomic mass is 10.1. The summed E-state index contributed by atoms with van der Waals surface area (Å²) in [4.78, 5) is 27.3. The van der Waals surface area contributed by atoms with Crippen LogP contribution in [0.2, 0.25) is 5.02 Å². The maximum Gasteiger partial charge on any atom is 0.251 e. The second-order valence-electron chi connectivity index (χ2n) is 6.04. The topological polar surface area (TPSA) is 71.2 Å². The van der Waals surface area contributed by atoms with Gasteiger partial charge in [-0.2, -0.15) is 0 Å². The zero-order valence-electron chi connectivity index (χ0n) is 14.6. The maximum absolute atomic E-state index is 12.2. The fraction of sp³-hybridized carbons (Fsp3) is 0.200. The number of aryl methyl sites for hydroxylation is 1. The molecule has 0 bridgehead atoms. The number of nitrogens with one attached hydrogen (secondary N) is 2. The Labute approximate surface area is 156 Å². The first-order valence-electron chi connectivity index (χ1n) is 8.23. The minimum absolute atomic E-state index is 0.166. The van der Waals surface area contributed by atoms with Crippen LogP contribution in [-0.4, -0.2) is 18.0 Å². The number of carbonyl (C=O) groups excluding carboxylic acids is 1. The highest BCUT2D eigenvalue weighted by atomic mass is 35.5. The third kappa shape index (κ3) is 3.89. The van der Waals surface area contributed by atoms with E-state index in [1.807, 2.05) is 13.0 Å². The zero-order valence-corrected chi connectivity index (χ0v) is 15.3. The average Bonchev–Trinajstić information content (AvgIpc) is 2.63. The molecule has 5 nitrogen and oxygen atoms in total. The Balaban J connectivity index is 1.74. The van der Waals surface area contributed by atoms with Crippen LogP contribution in [0.15, 0.2) is 47.3 Å². The number of anilines is 1. The average molecular weight is 371 g/mol. The fourth-order valence-corrected chi connectivity index (χ4v) is 2.92. The van der Waals surface area contributed by atoms with Gasteiger partial charge >= 0.3 is 0 Å². The first kappa shape index (κ1) is 18.0. The number of hydrogen-bond donors (Lipinski definition) is 2. The van der Waals surface area contributed by atoms with Crippen molar-refractivity contribution in [1.29, 1.82) is 0 Å². The molecule has 26 heavy (non-hydrogen) atoms. The molecule has 1 heterocycles. The first-order valence-corrected chi connectivity index (χ1v) is 8.60. The molecule has 134 valence electrons. The minimum Gasteiger partial charge on any atom is -0.497 e. The summed E-state index contributed by atoms with van der Waals surface area (Å²) in [6.07, 6.45) is 0.540. The summed E-state index contributed by atoms with van der Waals surface area (Å²) in [6, 6.07) is 12.6. The van der Waals surface area contributed by atoms with Crippen molar-refractivity contribution in [2.45, 2.75) is 19.8 Å². The van der Waals surface area contributed by atoms with Crippen LogP contribution in [-0.2, 0) is 11.2 Å². The number of amides is 1. The summed E-state index contributed by atoms with van der Waals surface area (Å²) < 4.78 is 5.21. The third-order valence-corrected chi connectivity index (χ3v) is 4.70. The van der Waals surface area contributed by atoms with E-state index < -0.39 is 0 Å².